The van der Waals surface area contributed by atoms with Gasteiger partial charge in [0.1, 0.15) is 0 Å². The van der Waals surface area contributed by atoms with Gasteiger partial charge in [0.05, 0.1) is 19.2 Å². The van der Waals surface area contributed by atoms with E-state index >= 15 is 0 Å². The van der Waals surface area contributed by atoms with Crippen LogP contribution in [0.1, 0.15) is 0 Å². The molecule has 0 saturated heterocycles. The Balaban J connectivity index is 2.54. The topological polar surface area (TPSA) is 52.6 Å². The molecule has 0 amide bonds. The summed E-state index contributed by atoms with van der Waals surface area (Å²) in [5.41, 5.74) is 0. The van der Waals surface area contributed by atoms with E-state index < -0.39 is 10.4 Å². The van der Waals surface area contributed by atoms with Crippen molar-refractivity contribution in [3.05, 3.63) is 30.3 Å². The molecule has 0 atom stereocenters. The van der Waals surface area contributed by atoms with Crippen molar-refractivity contribution in [1.29, 1.82) is 0 Å². The monoisotopic (exact) mass is 220 g/mol. The molecule has 0 aliphatic carbocycles. The predicted octanol–water partition coefficient (Wildman–Crippen LogP) is 1.60. The third-order valence-electron chi connectivity index (χ3n) is 1.16. The van der Waals surface area contributed by atoms with Gasteiger partial charge in [-0.2, -0.15) is 12.0 Å². The zero-order chi connectivity index (χ0) is 9.73. The maximum Gasteiger partial charge on any atom is 0.410 e. The lowest BCUT2D eigenvalue weighted by atomic mass is 10.4. The smallest absolute Gasteiger partial charge is 0.251 e. The fourth-order valence-corrected chi connectivity index (χ4v) is 1.72. The van der Waals surface area contributed by atoms with E-state index in [9.17, 15) is 8.42 Å². The minimum Gasteiger partial charge on any atom is -0.251 e. The SMILES string of the molecule is COS(=O)(=O)OSc1ccccc1. The summed E-state index contributed by atoms with van der Waals surface area (Å²) in [5.74, 6) is 0. The fourth-order valence-electron chi connectivity index (χ4n) is 0.585. The van der Waals surface area contributed by atoms with Crippen LogP contribution in [0.2, 0.25) is 0 Å². The Morgan fingerprint density at radius 1 is 1.23 bits per heavy atom. The Labute approximate surface area is 81.4 Å². The summed E-state index contributed by atoms with van der Waals surface area (Å²) < 4.78 is 29.9. The maximum absolute atomic E-state index is 10.7. The molecule has 0 spiro atoms. The second-order valence-electron chi connectivity index (χ2n) is 2.04. The highest BCUT2D eigenvalue weighted by Crippen LogP contribution is 2.20. The van der Waals surface area contributed by atoms with E-state index in [4.69, 9.17) is 0 Å². The molecule has 0 fully saturated rings. The van der Waals surface area contributed by atoms with Crippen molar-refractivity contribution in [2.75, 3.05) is 7.11 Å². The highest BCUT2D eigenvalue weighted by Gasteiger charge is 2.09. The maximum atomic E-state index is 10.7. The molecular weight excluding hydrogens is 212 g/mol. The van der Waals surface area contributed by atoms with Crippen molar-refractivity contribution in [3.8, 4) is 0 Å². The van der Waals surface area contributed by atoms with Crippen molar-refractivity contribution >= 4 is 22.4 Å². The molecule has 0 aliphatic heterocycles. The van der Waals surface area contributed by atoms with Crippen LogP contribution < -0.4 is 0 Å². The third-order valence-corrected chi connectivity index (χ3v) is 2.97. The third kappa shape index (κ3) is 3.77. The summed E-state index contributed by atoms with van der Waals surface area (Å²) in [6.45, 7) is 0. The zero-order valence-corrected chi connectivity index (χ0v) is 8.47. The van der Waals surface area contributed by atoms with E-state index in [0.29, 0.717) is 4.90 Å². The van der Waals surface area contributed by atoms with Gasteiger partial charge in [-0.25, -0.2) is 0 Å². The lowest BCUT2D eigenvalue weighted by Crippen LogP contribution is -2.01. The van der Waals surface area contributed by atoms with Gasteiger partial charge in [-0.3, -0.25) is 4.18 Å². The van der Waals surface area contributed by atoms with Crippen LogP contribution in [-0.4, -0.2) is 15.5 Å². The molecule has 0 saturated carbocycles. The molecule has 0 aliphatic rings. The van der Waals surface area contributed by atoms with Crippen LogP contribution in [0.4, 0.5) is 0 Å². The molecule has 0 heterocycles. The zero-order valence-electron chi connectivity index (χ0n) is 6.84. The Bertz CT molecular complexity index is 346. The summed E-state index contributed by atoms with van der Waals surface area (Å²) in [4.78, 5) is 0.697. The molecule has 1 rings (SSSR count). The van der Waals surface area contributed by atoms with Crippen LogP contribution >= 0.6 is 12.0 Å². The summed E-state index contributed by atoms with van der Waals surface area (Å²) in [7, 11) is -2.81. The summed E-state index contributed by atoms with van der Waals surface area (Å²) in [6, 6.07) is 8.86. The minimum atomic E-state index is -3.85. The molecule has 1 aromatic carbocycles. The first-order valence-corrected chi connectivity index (χ1v) is 5.43. The largest absolute Gasteiger partial charge is 0.410 e. The minimum absolute atomic E-state index is 0.697. The van der Waals surface area contributed by atoms with Crippen molar-refractivity contribution in [1.82, 2.24) is 0 Å². The van der Waals surface area contributed by atoms with E-state index in [0.717, 1.165) is 19.2 Å². The van der Waals surface area contributed by atoms with Gasteiger partial charge < -0.3 is 0 Å². The van der Waals surface area contributed by atoms with Crippen LogP contribution in [-0.2, 0) is 18.2 Å². The fraction of sp³-hybridized carbons (Fsp3) is 0.143. The first-order chi connectivity index (χ1) is 6.14. The van der Waals surface area contributed by atoms with E-state index in [1.807, 2.05) is 6.07 Å². The molecule has 0 unspecified atom stereocenters. The van der Waals surface area contributed by atoms with E-state index in [2.05, 4.69) is 7.81 Å². The van der Waals surface area contributed by atoms with Gasteiger partial charge >= 0.3 is 10.4 Å². The predicted molar refractivity (Wildman–Crippen MR) is 49.3 cm³/mol. The van der Waals surface area contributed by atoms with Gasteiger partial charge in [-0.15, -0.1) is 0 Å². The van der Waals surface area contributed by atoms with E-state index in [-0.39, 0.29) is 0 Å². The Morgan fingerprint density at radius 2 is 1.85 bits per heavy atom. The molecule has 4 nitrogen and oxygen atoms in total. The summed E-state index contributed by atoms with van der Waals surface area (Å²) in [5, 5.41) is 0. The molecule has 13 heavy (non-hydrogen) atoms. The Hall–Kier alpha value is -0.560. The van der Waals surface area contributed by atoms with Gasteiger partial charge in [-0.05, 0) is 12.1 Å². The second kappa shape index (κ2) is 4.61. The van der Waals surface area contributed by atoms with E-state index in [1.165, 1.54) is 0 Å². The van der Waals surface area contributed by atoms with Crippen molar-refractivity contribution in [2.45, 2.75) is 4.90 Å². The van der Waals surface area contributed by atoms with Crippen molar-refractivity contribution in [2.24, 2.45) is 0 Å². The molecule has 72 valence electrons. The van der Waals surface area contributed by atoms with Crippen LogP contribution in [0.3, 0.4) is 0 Å². The molecule has 0 radical (unpaired) electrons. The lowest BCUT2D eigenvalue weighted by molar-refractivity contribution is 0.344. The first-order valence-electron chi connectivity index (χ1n) is 3.36. The Morgan fingerprint density at radius 3 is 2.38 bits per heavy atom. The van der Waals surface area contributed by atoms with Gasteiger partial charge in [0.15, 0.2) is 0 Å². The first kappa shape index (κ1) is 10.5. The van der Waals surface area contributed by atoms with Crippen LogP contribution in [0.25, 0.3) is 0 Å². The van der Waals surface area contributed by atoms with E-state index in [1.54, 1.807) is 24.3 Å². The van der Waals surface area contributed by atoms with Gasteiger partial charge in [0.25, 0.3) is 0 Å². The second-order valence-corrected chi connectivity index (χ2v) is 4.37. The molecule has 0 bridgehead atoms. The normalized spacial score (nSPS) is 11.5. The average Bonchev–Trinajstić information content (AvgIpc) is 2.17. The standard InChI is InChI=1S/C7H8O4S2/c1-10-13(8,9)11-12-7-5-3-2-4-6-7/h2-6H,1H3. The molecule has 1 aromatic rings. The summed E-state index contributed by atoms with van der Waals surface area (Å²) >= 11 is 0.739. The molecular formula is C7H8O4S2. The molecule has 6 heteroatoms. The Kier molecular flexibility index (Phi) is 3.73. The highest BCUT2D eigenvalue weighted by atomic mass is 32.3. The molecule has 0 aromatic heterocycles. The number of hydrogen-bond acceptors (Lipinski definition) is 5. The van der Waals surface area contributed by atoms with Gasteiger partial charge in [0.2, 0.25) is 0 Å². The van der Waals surface area contributed by atoms with Gasteiger partial charge in [0, 0.05) is 4.90 Å². The number of benzene rings is 1. The highest BCUT2D eigenvalue weighted by molar-refractivity contribution is 8.03. The quantitative estimate of drug-likeness (QED) is 0.721. The number of hydrogen-bond donors (Lipinski definition) is 0. The number of rotatable bonds is 4. The van der Waals surface area contributed by atoms with Gasteiger partial charge in [-0.1, -0.05) is 18.2 Å². The average molecular weight is 220 g/mol. The molecule has 0 N–H and O–H groups in total. The van der Waals surface area contributed by atoms with Crippen LogP contribution in [0.15, 0.2) is 35.2 Å². The van der Waals surface area contributed by atoms with Crippen molar-refractivity contribution < 1.29 is 16.2 Å². The summed E-state index contributed by atoms with van der Waals surface area (Å²) in [6.07, 6.45) is 0. The lowest BCUT2D eigenvalue weighted by Gasteiger charge is -1.99. The van der Waals surface area contributed by atoms with Crippen molar-refractivity contribution in [3.63, 3.8) is 0 Å². The van der Waals surface area contributed by atoms with Crippen LogP contribution in [0.5, 0.6) is 0 Å². The van der Waals surface area contributed by atoms with Crippen LogP contribution in [0, 0.1) is 0 Å².